The van der Waals surface area contributed by atoms with E-state index in [0.717, 1.165) is 25.9 Å². The summed E-state index contributed by atoms with van der Waals surface area (Å²) in [5.41, 5.74) is 2.29. The number of benzene rings is 2. The zero-order valence-corrected chi connectivity index (χ0v) is 33.1. The molecule has 328 valence electrons. The summed E-state index contributed by atoms with van der Waals surface area (Å²) in [7, 11) is 0. The highest BCUT2D eigenvalue weighted by Gasteiger charge is 2.32. The van der Waals surface area contributed by atoms with Crippen LogP contribution < -0.4 is 16.0 Å². The number of hydrogen-bond acceptors (Lipinski definition) is 17. The standard InChI is InChI=1S/C39H63N5O14/c1-22-12-24(32(51)26(14-22)38(57)41-16-28(47)34(53)36(55)30(49)20-45)18-43-8-3-6-40-7-4-9-44(11-5-10-43)19-25-13-23(2)15-27(33(25)52)39(58)42-17-29(48)35(54)37(56)31(50)21-46/h12-15,28-31,34-37,40,45-56H,3-11,16-21H2,1-2H3,(H,41,57)(H,42,58). The topological polar surface area (TPSA) is 319 Å². The fourth-order valence-electron chi connectivity index (χ4n) is 6.77. The van der Waals surface area contributed by atoms with Crippen LogP contribution in [0.1, 0.15) is 62.2 Å². The van der Waals surface area contributed by atoms with Crippen molar-refractivity contribution in [1.29, 1.82) is 0 Å². The van der Waals surface area contributed by atoms with Gasteiger partial charge in [-0.1, -0.05) is 12.1 Å². The summed E-state index contributed by atoms with van der Waals surface area (Å²) in [5.74, 6) is -1.96. The molecule has 0 aliphatic carbocycles. The van der Waals surface area contributed by atoms with E-state index in [1.165, 1.54) is 12.1 Å². The second kappa shape index (κ2) is 23.9. The Morgan fingerprint density at radius 2 is 0.931 bits per heavy atom. The maximum Gasteiger partial charge on any atom is 0.255 e. The lowest BCUT2D eigenvalue weighted by Crippen LogP contribution is -2.49. The van der Waals surface area contributed by atoms with Crippen molar-refractivity contribution in [3.63, 3.8) is 0 Å². The van der Waals surface area contributed by atoms with Crippen molar-refractivity contribution in [3.05, 3.63) is 57.6 Å². The Morgan fingerprint density at radius 3 is 1.29 bits per heavy atom. The lowest BCUT2D eigenvalue weighted by Gasteiger charge is -2.28. The van der Waals surface area contributed by atoms with Crippen LogP contribution in [0.15, 0.2) is 24.3 Å². The molecule has 1 aliphatic heterocycles. The number of aliphatic hydroxyl groups is 10. The van der Waals surface area contributed by atoms with Crippen LogP contribution in [0.5, 0.6) is 11.5 Å². The highest BCUT2D eigenvalue weighted by molar-refractivity contribution is 5.98. The van der Waals surface area contributed by atoms with Crippen LogP contribution in [0.2, 0.25) is 0 Å². The average Bonchev–Trinajstić information content (AvgIpc) is 3.20. The third kappa shape index (κ3) is 14.3. The highest BCUT2D eigenvalue weighted by atomic mass is 16.4. The monoisotopic (exact) mass is 825 g/mol. The fourth-order valence-corrected chi connectivity index (χ4v) is 6.77. The van der Waals surface area contributed by atoms with E-state index in [9.17, 15) is 60.7 Å². The molecule has 8 atom stereocenters. The van der Waals surface area contributed by atoms with Crippen LogP contribution >= 0.6 is 0 Å². The molecule has 19 heteroatoms. The maximum absolute atomic E-state index is 13.1. The molecular formula is C39H63N5O14. The van der Waals surface area contributed by atoms with Crippen LogP contribution in [0.4, 0.5) is 0 Å². The van der Waals surface area contributed by atoms with E-state index in [1.54, 1.807) is 26.0 Å². The molecule has 2 aromatic rings. The number of aromatic hydroxyl groups is 2. The van der Waals surface area contributed by atoms with Gasteiger partial charge >= 0.3 is 0 Å². The molecule has 0 spiro atoms. The third-order valence-electron chi connectivity index (χ3n) is 10.1. The molecule has 1 saturated heterocycles. The number of hydrogen-bond donors (Lipinski definition) is 15. The van der Waals surface area contributed by atoms with Crippen molar-refractivity contribution >= 4 is 11.8 Å². The molecule has 8 unspecified atom stereocenters. The Bertz CT molecular complexity index is 1490. The average molecular weight is 826 g/mol. The van der Waals surface area contributed by atoms with Gasteiger partial charge in [-0.15, -0.1) is 0 Å². The van der Waals surface area contributed by atoms with Crippen molar-refractivity contribution in [2.75, 3.05) is 65.6 Å². The summed E-state index contributed by atoms with van der Waals surface area (Å²) in [6.07, 6.45) is -11.8. The fraction of sp³-hybridized carbons (Fsp3) is 0.641. The number of carbonyl (C=O) groups excluding carboxylic acids is 2. The first-order valence-corrected chi connectivity index (χ1v) is 19.5. The second-order valence-corrected chi connectivity index (χ2v) is 15.0. The van der Waals surface area contributed by atoms with E-state index >= 15 is 0 Å². The molecule has 2 amide bonds. The Kier molecular flexibility index (Phi) is 20.1. The Balaban J connectivity index is 1.68. The van der Waals surface area contributed by atoms with Gasteiger partial charge < -0.3 is 77.2 Å². The lowest BCUT2D eigenvalue weighted by molar-refractivity contribution is -0.113. The van der Waals surface area contributed by atoms with E-state index in [0.29, 0.717) is 67.9 Å². The third-order valence-corrected chi connectivity index (χ3v) is 10.1. The van der Waals surface area contributed by atoms with E-state index in [4.69, 9.17) is 10.2 Å². The number of amides is 2. The van der Waals surface area contributed by atoms with E-state index in [1.807, 2.05) is 0 Å². The van der Waals surface area contributed by atoms with Crippen LogP contribution in [0.25, 0.3) is 0 Å². The number of phenolic OH excluding ortho intramolecular Hbond substituents is 2. The molecule has 1 fully saturated rings. The Hall–Kier alpha value is -3.54. The second-order valence-electron chi connectivity index (χ2n) is 15.0. The predicted molar refractivity (Wildman–Crippen MR) is 210 cm³/mol. The first kappa shape index (κ1) is 48.8. The summed E-state index contributed by atoms with van der Waals surface area (Å²) in [4.78, 5) is 30.5. The summed E-state index contributed by atoms with van der Waals surface area (Å²) in [5, 5.41) is 128. The van der Waals surface area contributed by atoms with Crippen LogP contribution in [0.3, 0.4) is 0 Å². The van der Waals surface area contributed by atoms with Gasteiger partial charge in [0.2, 0.25) is 0 Å². The molecule has 58 heavy (non-hydrogen) atoms. The van der Waals surface area contributed by atoms with Gasteiger partial charge in [-0.2, -0.15) is 0 Å². The molecule has 19 nitrogen and oxygen atoms in total. The number of carbonyl (C=O) groups is 2. The van der Waals surface area contributed by atoms with Gasteiger partial charge in [-0.25, -0.2) is 0 Å². The molecule has 3 rings (SSSR count). The first-order valence-electron chi connectivity index (χ1n) is 19.5. The van der Waals surface area contributed by atoms with E-state index in [2.05, 4.69) is 25.8 Å². The molecule has 1 aliphatic rings. The van der Waals surface area contributed by atoms with Gasteiger partial charge in [0.1, 0.15) is 48.1 Å². The van der Waals surface area contributed by atoms with Gasteiger partial charge in [0.25, 0.3) is 11.8 Å². The quantitative estimate of drug-likeness (QED) is 0.0684. The van der Waals surface area contributed by atoms with Crippen molar-refractivity contribution in [2.45, 2.75) is 95.0 Å². The van der Waals surface area contributed by atoms with Crippen LogP contribution in [0, 0.1) is 13.8 Å². The van der Waals surface area contributed by atoms with Crippen LogP contribution in [-0.4, -0.2) is 197 Å². The minimum atomic E-state index is -1.86. The Morgan fingerprint density at radius 1 is 0.586 bits per heavy atom. The number of nitrogens with one attached hydrogen (secondary N) is 3. The summed E-state index contributed by atoms with van der Waals surface area (Å²) < 4.78 is 0. The van der Waals surface area contributed by atoms with Crippen LogP contribution in [-0.2, 0) is 13.1 Å². The number of nitrogens with zero attached hydrogens (tertiary/aromatic N) is 2. The zero-order valence-electron chi connectivity index (χ0n) is 33.1. The van der Waals surface area contributed by atoms with Gasteiger partial charge in [0.05, 0.1) is 36.5 Å². The smallest absolute Gasteiger partial charge is 0.255 e. The molecule has 0 radical (unpaired) electrons. The number of aliphatic hydroxyl groups excluding tert-OH is 10. The van der Waals surface area contributed by atoms with Gasteiger partial charge in [0, 0.05) is 37.3 Å². The zero-order chi connectivity index (χ0) is 43.1. The van der Waals surface area contributed by atoms with Crippen molar-refractivity contribution in [3.8, 4) is 11.5 Å². The van der Waals surface area contributed by atoms with E-state index in [-0.39, 0.29) is 22.6 Å². The molecule has 1 heterocycles. The molecule has 0 saturated carbocycles. The van der Waals surface area contributed by atoms with Gasteiger partial charge in [-0.3, -0.25) is 19.4 Å². The lowest BCUT2D eigenvalue weighted by atomic mass is 10.0. The minimum Gasteiger partial charge on any atom is -0.507 e. The van der Waals surface area contributed by atoms with E-state index < -0.39 is 86.9 Å². The summed E-state index contributed by atoms with van der Waals surface area (Å²) in [6.45, 7) is 5.51. The predicted octanol–water partition coefficient (Wildman–Crippen LogP) is -3.88. The molecule has 2 aromatic carbocycles. The number of phenols is 2. The number of aryl methyl sites for hydroxylation is 2. The molecular weight excluding hydrogens is 762 g/mol. The largest absolute Gasteiger partial charge is 0.507 e. The first-order chi connectivity index (χ1) is 27.5. The normalized spacial score (nSPS) is 19.4. The van der Waals surface area contributed by atoms with Gasteiger partial charge in [-0.05, 0) is 95.6 Å². The SMILES string of the molecule is Cc1cc(CN2CCCNCCCN(Cc3cc(C)cc(C(=O)NCC(O)C(O)C(O)C(O)CO)c3O)CCC2)c(O)c(C(=O)NCC(O)C(O)C(O)C(O)CO)c1. The molecule has 0 aromatic heterocycles. The summed E-state index contributed by atoms with van der Waals surface area (Å²) >= 11 is 0. The maximum atomic E-state index is 13.1. The molecule has 15 N–H and O–H groups in total. The summed E-state index contributed by atoms with van der Waals surface area (Å²) in [6, 6.07) is 6.53. The van der Waals surface area contributed by atoms with Gasteiger partial charge in [0.15, 0.2) is 0 Å². The van der Waals surface area contributed by atoms with Crippen molar-refractivity contribution < 1.29 is 70.9 Å². The number of rotatable bonds is 18. The highest BCUT2D eigenvalue weighted by Crippen LogP contribution is 2.28. The minimum absolute atomic E-state index is 0.0497. The van der Waals surface area contributed by atoms with Crippen molar-refractivity contribution in [1.82, 2.24) is 25.8 Å². The molecule has 0 bridgehead atoms. The Labute approximate surface area is 337 Å². The van der Waals surface area contributed by atoms with Crippen molar-refractivity contribution in [2.24, 2.45) is 0 Å².